The molecule has 0 aliphatic carbocycles. The van der Waals surface area contributed by atoms with E-state index in [1.54, 1.807) is 37.3 Å². The van der Waals surface area contributed by atoms with Crippen molar-refractivity contribution < 1.29 is 38.3 Å². The Hall–Kier alpha value is -8.49. The number of anilines is 6. The highest BCUT2D eigenvalue weighted by atomic mass is 16.5. The van der Waals surface area contributed by atoms with Crippen LogP contribution in [0.25, 0.3) is 22.8 Å². The van der Waals surface area contributed by atoms with Gasteiger partial charge in [0.25, 0.3) is 5.91 Å². The number of aliphatic hydroxyl groups is 1. The van der Waals surface area contributed by atoms with Gasteiger partial charge in [0, 0.05) is 113 Å². The van der Waals surface area contributed by atoms with Gasteiger partial charge in [-0.25, -0.2) is 19.9 Å². The lowest BCUT2D eigenvalue weighted by atomic mass is 10.1. The molecule has 8 heterocycles. The maximum Gasteiger partial charge on any atom is 0.251 e. The second kappa shape index (κ2) is 27.5. The molecule has 1 unspecified atom stereocenters. The van der Waals surface area contributed by atoms with E-state index in [2.05, 4.69) is 89.7 Å². The Morgan fingerprint density at radius 1 is 0.600 bits per heavy atom. The number of hydrogen-bond donors (Lipinski definition) is 4. The number of hydrogen-bond acceptors (Lipinski definition) is 23. The number of nitrogens with one attached hydrogen (secondary N) is 3. The largest absolute Gasteiger partial charge is 0.495 e. The van der Waals surface area contributed by atoms with Crippen LogP contribution in [0.5, 0.6) is 23.0 Å². The van der Waals surface area contributed by atoms with Gasteiger partial charge in [0.15, 0.2) is 11.6 Å². The number of nitrogens with zero attached hydrogens (tertiary/aromatic N) is 13. The van der Waals surface area contributed by atoms with Crippen LogP contribution in [0.3, 0.4) is 0 Å². The first kappa shape index (κ1) is 58.3. The average Bonchev–Trinajstić information content (AvgIpc) is 3.45. The molecule has 444 valence electrons. The number of methoxy groups -OCH3 is 2. The quantitative estimate of drug-likeness (QED) is 0.0908. The molecule has 2 aromatic heterocycles. The molecule has 4 aromatic carbocycles. The Labute approximate surface area is 494 Å². The number of rotatable bonds is 17. The van der Waals surface area contributed by atoms with Crippen molar-refractivity contribution in [3.8, 4) is 57.9 Å². The molecule has 0 radical (unpaired) electrons. The summed E-state index contributed by atoms with van der Waals surface area (Å²) in [4.78, 5) is 49.9. The fourth-order valence-electron chi connectivity index (χ4n) is 11.3. The highest BCUT2D eigenvalue weighted by Crippen LogP contribution is 2.36. The molecule has 6 aliphatic heterocycles. The van der Waals surface area contributed by atoms with Crippen LogP contribution >= 0.6 is 0 Å². The minimum atomic E-state index is -1.01. The number of ether oxygens (including phenoxy) is 6. The van der Waals surface area contributed by atoms with E-state index < -0.39 is 6.10 Å². The molecule has 6 saturated heterocycles. The van der Waals surface area contributed by atoms with Gasteiger partial charge in [-0.05, 0) is 93.5 Å². The van der Waals surface area contributed by atoms with E-state index in [4.69, 9.17) is 28.4 Å². The minimum absolute atomic E-state index is 0.114. The van der Waals surface area contributed by atoms with Crippen LogP contribution in [0.2, 0.25) is 0 Å². The van der Waals surface area contributed by atoms with Crippen molar-refractivity contribution in [2.75, 3.05) is 140 Å². The van der Waals surface area contributed by atoms with Gasteiger partial charge in [-0.2, -0.15) is 20.5 Å². The summed E-state index contributed by atoms with van der Waals surface area (Å²) < 4.78 is 34.5. The standard InChI is InChI=1S/C32H38N8O5.C29H34N8O3/c1-21(41)31(42)40-9-7-26(8-10-40)45-28-6-3-22(15-23(28)17-33)30-34-20-35-32(37-30)36-24-4-5-27(29(16-24)43-2)39-13-11-38(12-14-39)25-18-44-19-25;1-38-27-15-22(3-4-25(27)37-12-10-36(11-13-37)23-17-39-18-23)34-29-33-19-32-28(35-29)20-2-5-26(21(14-20)16-30)40-24-6-8-31-9-7-24/h3-6,15-16,20-21,25-26,41H,7-14,18-19H2,1-2H3,(H,34,35,36,37);2-5,14-15,19,23-24,31H,6-13,17-18H2,1H3,(H,32,33,34,35). The van der Waals surface area contributed by atoms with Crippen molar-refractivity contribution in [2.24, 2.45) is 0 Å². The molecule has 24 nitrogen and oxygen atoms in total. The molecule has 0 bridgehead atoms. The third-order valence-corrected chi connectivity index (χ3v) is 16.3. The van der Waals surface area contributed by atoms with Crippen molar-refractivity contribution in [1.29, 1.82) is 10.5 Å². The predicted molar refractivity (Wildman–Crippen MR) is 318 cm³/mol. The second-order valence-corrected chi connectivity index (χ2v) is 21.7. The number of likely N-dealkylation sites (tertiary alicyclic amines) is 1. The number of nitriles is 2. The third kappa shape index (κ3) is 14.2. The lowest BCUT2D eigenvalue weighted by Crippen LogP contribution is -2.56. The molecular formula is C61H72N16O8. The van der Waals surface area contributed by atoms with E-state index in [9.17, 15) is 20.4 Å². The molecule has 24 heteroatoms. The Bertz CT molecular complexity index is 3340. The smallest absolute Gasteiger partial charge is 0.251 e. The Kier molecular flexibility index (Phi) is 18.8. The summed E-state index contributed by atoms with van der Waals surface area (Å²) in [5.74, 6) is 4.01. The van der Waals surface area contributed by atoms with Crippen LogP contribution in [-0.2, 0) is 14.3 Å². The number of aromatic nitrogens is 6. The van der Waals surface area contributed by atoms with E-state index in [0.29, 0.717) is 89.7 Å². The number of amides is 1. The van der Waals surface area contributed by atoms with Crippen molar-refractivity contribution in [2.45, 2.75) is 63.0 Å². The monoisotopic (exact) mass is 1160 g/mol. The number of benzene rings is 4. The molecule has 85 heavy (non-hydrogen) atoms. The Morgan fingerprint density at radius 2 is 1.05 bits per heavy atom. The van der Waals surface area contributed by atoms with Crippen LogP contribution in [0.4, 0.5) is 34.6 Å². The average molecular weight is 1160 g/mol. The highest BCUT2D eigenvalue weighted by Gasteiger charge is 2.32. The maximum atomic E-state index is 12.1. The van der Waals surface area contributed by atoms with Gasteiger partial charge in [0.1, 0.15) is 66.1 Å². The van der Waals surface area contributed by atoms with Crippen molar-refractivity contribution in [3.05, 3.63) is 96.6 Å². The van der Waals surface area contributed by atoms with Gasteiger partial charge in [0.2, 0.25) is 11.9 Å². The fourth-order valence-corrected chi connectivity index (χ4v) is 11.3. The molecule has 1 atom stereocenters. The van der Waals surface area contributed by atoms with Crippen LogP contribution in [0, 0.1) is 22.7 Å². The summed E-state index contributed by atoms with van der Waals surface area (Å²) in [7, 11) is 3.37. The summed E-state index contributed by atoms with van der Waals surface area (Å²) in [6, 6.07) is 28.4. The normalized spacial score (nSPS) is 18.5. The molecule has 6 fully saturated rings. The first-order valence-corrected chi connectivity index (χ1v) is 29.1. The molecule has 1 amide bonds. The molecule has 0 spiro atoms. The fraction of sp³-hybridized carbons (Fsp3) is 0.459. The van der Waals surface area contributed by atoms with Gasteiger partial charge < -0.3 is 64.2 Å². The van der Waals surface area contributed by atoms with Gasteiger partial charge >= 0.3 is 0 Å². The van der Waals surface area contributed by atoms with Crippen LogP contribution in [0.15, 0.2) is 85.5 Å². The first-order valence-electron chi connectivity index (χ1n) is 29.1. The van der Waals surface area contributed by atoms with Gasteiger partial charge in [-0.3, -0.25) is 14.6 Å². The van der Waals surface area contributed by atoms with Gasteiger partial charge in [-0.15, -0.1) is 0 Å². The summed E-state index contributed by atoms with van der Waals surface area (Å²) in [6.45, 7) is 15.5. The Morgan fingerprint density at radius 3 is 1.45 bits per heavy atom. The zero-order valence-corrected chi connectivity index (χ0v) is 48.2. The predicted octanol–water partition coefficient (Wildman–Crippen LogP) is 5.25. The lowest BCUT2D eigenvalue weighted by molar-refractivity contribution is -0.141. The lowest BCUT2D eigenvalue weighted by Gasteiger charge is -2.43. The van der Waals surface area contributed by atoms with E-state index in [0.717, 1.165) is 145 Å². The minimum Gasteiger partial charge on any atom is -0.495 e. The number of aliphatic hydroxyl groups excluding tert-OH is 1. The third-order valence-electron chi connectivity index (χ3n) is 16.3. The summed E-state index contributed by atoms with van der Waals surface area (Å²) in [5.41, 5.74) is 5.92. The summed E-state index contributed by atoms with van der Waals surface area (Å²) >= 11 is 0. The van der Waals surface area contributed by atoms with E-state index in [1.165, 1.54) is 19.6 Å². The number of carbonyl (C=O) groups is 1. The summed E-state index contributed by atoms with van der Waals surface area (Å²) in [5, 5.41) is 39.0. The molecule has 6 aromatic rings. The van der Waals surface area contributed by atoms with Crippen molar-refractivity contribution in [3.63, 3.8) is 0 Å². The number of carbonyl (C=O) groups excluding carboxylic acids is 1. The maximum absolute atomic E-state index is 12.1. The van der Waals surface area contributed by atoms with E-state index in [-0.39, 0.29) is 18.1 Å². The van der Waals surface area contributed by atoms with Crippen LogP contribution in [0.1, 0.15) is 43.7 Å². The van der Waals surface area contributed by atoms with Crippen LogP contribution < -0.4 is 44.7 Å². The molecule has 4 N–H and O–H groups in total. The number of piperidine rings is 2. The van der Waals surface area contributed by atoms with Crippen molar-refractivity contribution in [1.82, 2.24) is 49.9 Å². The van der Waals surface area contributed by atoms with E-state index in [1.807, 2.05) is 42.5 Å². The van der Waals surface area contributed by atoms with E-state index >= 15 is 0 Å². The molecule has 6 aliphatic rings. The molecule has 0 saturated carbocycles. The summed E-state index contributed by atoms with van der Waals surface area (Å²) in [6.07, 6.45) is 4.95. The first-order chi connectivity index (χ1) is 41.6. The molecular weight excluding hydrogens is 1080 g/mol. The van der Waals surface area contributed by atoms with Gasteiger partial charge in [-0.1, -0.05) is 0 Å². The zero-order valence-electron chi connectivity index (χ0n) is 48.2. The second-order valence-electron chi connectivity index (χ2n) is 21.7. The van der Waals surface area contributed by atoms with Gasteiger partial charge in [0.05, 0.1) is 75.2 Å². The highest BCUT2D eigenvalue weighted by molar-refractivity contribution is 5.80. The van der Waals surface area contributed by atoms with Crippen LogP contribution in [-0.4, -0.2) is 205 Å². The zero-order chi connectivity index (χ0) is 58.7. The topological polar surface area (TPSA) is 270 Å². The Balaban J connectivity index is 0.000000178. The number of piperazine rings is 2. The SMILES string of the molecule is COc1cc(Nc2ncnc(-c3ccc(OC4CCN(C(=O)C(C)O)CC4)c(C#N)c3)n2)ccc1N1CCN(C2COC2)CC1.COc1cc(Nc2ncnc(-c3ccc(OC4CCNCC4)c(C#N)c3)n2)ccc1N1CCN(C2COC2)CC1. The molecule has 12 rings (SSSR count). The van der Waals surface area contributed by atoms with Crippen molar-refractivity contribution >= 4 is 40.6 Å².